The molecule has 0 radical (unpaired) electrons. The third-order valence-electron chi connectivity index (χ3n) is 3.49. The van der Waals surface area contributed by atoms with Crippen LogP contribution in [0, 0.1) is 11.3 Å². The molecular weight excluding hydrogens is 318 g/mol. The van der Waals surface area contributed by atoms with E-state index in [0.717, 1.165) is 5.69 Å². The number of hydrogen-bond donors (Lipinski definition) is 1. The van der Waals surface area contributed by atoms with Gasteiger partial charge in [-0.2, -0.15) is 5.26 Å². The summed E-state index contributed by atoms with van der Waals surface area (Å²) >= 11 is 0. The molecule has 2 aromatic carbocycles. The molecule has 0 saturated heterocycles. The fourth-order valence-corrected chi connectivity index (χ4v) is 2.07. The number of anilines is 2. The summed E-state index contributed by atoms with van der Waals surface area (Å²) in [6.07, 6.45) is 1.26. The third-order valence-corrected chi connectivity index (χ3v) is 3.49. The number of esters is 1. The molecule has 0 heterocycles. The van der Waals surface area contributed by atoms with Crippen molar-refractivity contribution in [2.45, 2.75) is 0 Å². The summed E-state index contributed by atoms with van der Waals surface area (Å²) in [5, 5.41) is 11.7. The number of benzene rings is 2. The largest absolute Gasteiger partial charge is 0.465 e. The number of nitrogens with zero attached hydrogens (tertiary/aromatic N) is 2. The van der Waals surface area contributed by atoms with Crippen molar-refractivity contribution in [1.29, 1.82) is 5.26 Å². The molecule has 1 N–H and O–H groups in total. The number of amides is 1. The molecule has 25 heavy (non-hydrogen) atoms. The van der Waals surface area contributed by atoms with Gasteiger partial charge >= 0.3 is 5.97 Å². The van der Waals surface area contributed by atoms with Gasteiger partial charge in [-0.3, -0.25) is 4.79 Å². The molecule has 2 rings (SSSR count). The molecule has 0 spiro atoms. The number of nitriles is 1. The average molecular weight is 335 g/mol. The molecule has 2 aromatic rings. The number of para-hydroxylation sites is 1. The summed E-state index contributed by atoms with van der Waals surface area (Å²) in [5.74, 6) is -0.855. The van der Waals surface area contributed by atoms with Crippen molar-refractivity contribution in [2.24, 2.45) is 0 Å². The van der Waals surface area contributed by atoms with Crippen molar-refractivity contribution in [1.82, 2.24) is 0 Å². The Morgan fingerprint density at radius 2 is 1.76 bits per heavy atom. The normalized spacial score (nSPS) is 10.5. The number of methoxy groups -OCH3 is 1. The SMILES string of the molecule is COC(=O)/C(C#N)=C/Nc1ccc(C(=O)N(C)c2ccccc2)cc1. The number of nitrogens with one attached hydrogen (secondary N) is 1. The van der Waals surface area contributed by atoms with Gasteiger partial charge in [-0.25, -0.2) is 4.79 Å². The molecule has 0 fully saturated rings. The van der Waals surface area contributed by atoms with Crippen LogP contribution < -0.4 is 10.2 Å². The highest BCUT2D eigenvalue weighted by molar-refractivity contribution is 6.05. The van der Waals surface area contributed by atoms with E-state index in [4.69, 9.17) is 5.26 Å². The van der Waals surface area contributed by atoms with E-state index < -0.39 is 5.97 Å². The molecule has 0 unspecified atom stereocenters. The van der Waals surface area contributed by atoms with Crippen molar-refractivity contribution < 1.29 is 14.3 Å². The number of rotatable bonds is 5. The molecule has 1 amide bonds. The van der Waals surface area contributed by atoms with E-state index in [0.29, 0.717) is 11.3 Å². The Morgan fingerprint density at radius 1 is 1.12 bits per heavy atom. The van der Waals surface area contributed by atoms with Gasteiger partial charge in [0.2, 0.25) is 0 Å². The fourth-order valence-electron chi connectivity index (χ4n) is 2.07. The summed E-state index contributed by atoms with van der Waals surface area (Å²) in [4.78, 5) is 25.4. The summed E-state index contributed by atoms with van der Waals surface area (Å²) < 4.78 is 4.49. The van der Waals surface area contributed by atoms with Crippen LogP contribution in [0.1, 0.15) is 10.4 Å². The number of hydrogen-bond acceptors (Lipinski definition) is 5. The Kier molecular flexibility index (Phi) is 5.91. The van der Waals surface area contributed by atoms with E-state index in [1.165, 1.54) is 13.3 Å². The van der Waals surface area contributed by atoms with E-state index in [9.17, 15) is 9.59 Å². The van der Waals surface area contributed by atoms with Gasteiger partial charge in [0.15, 0.2) is 5.57 Å². The van der Waals surface area contributed by atoms with Crippen molar-refractivity contribution >= 4 is 23.3 Å². The Bertz CT molecular complexity index is 821. The molecule has 126 valence electrons. The lowest BCUT2D eigenvalue weighted by atomic mass is 10.1. The van der Waals surface area contributed by atoms with Gasteiger partial charge in [0.05, 0.1) is 7.11 Å². The Hall–Kier alpha value is -3.59. The molecule has 0 saturated carbocycles. The zero-order chi connectivity index (χ0) is 18.2. The fraction of sp³-hybridized carbons (Fsp3) is 0.105. The monoisotopic (exact) mass is 335 g/mol. The smallest absolute Gasteiger partial charge is 0.350 e. The van der Waals surface area contributed by atoms with Crippen molar-refractivity contribution in [3.05, 3.63) is 71.9 Å². The Morgan fingerprint density at radius 3 is 2.32 bits per heavy atom. The van der Waals surface area contributed by atoms with E-state index in [1.807, 2.05) is 30.3 Å². The highest BCUT2D eigenvalue weighted by Gasteiger charge is 2.13. The van der Waals surface area contributed by atoms with Gasteiger partial charge in [0.1, 0.15) is 6.07 Å². The molecule has 0 atom stereocenters. The van der Waals surface area contributed by atoms with E-state index in [-0.39, 0.29) is 11.5 Å². The molecule has 6 heteroatoms. The van der Waals surface area contributed by atoms with Gasteiger partial charge in [-0.05, 0) is 36.4 Å². The first kappa shape index (κ1) is 17.8. The third kappa shape index (κ3) is 4.45. The van der Waals surface area contributed by atoms with Gasteiger partial charge in [0.25, 0.3) is 5.91 Å². The molecule has 6 nitrogen and oxygen atoms in total. The first-order valence-corrected chi connectivity index (χ1v) is 7.45. The highest BCUT2D eigenvalue weighted by atomic mass is 16.5. The van der Waals surface area contributed by atoms with Crippen LogP contribution in [0.25, 0.3) is 0 Å². The molecule has 0 aromatic heterocycles. The predicted octanol–water partition coefficient (Wildman–Crippen LogP) is 2.96. The van der Waals surface area contributed by atoms with Crippen LogP contribution in [-0.4, -0.2) is 26.0 Å². The van der Waals surface area contributed by atoms with Crippen LogP contribution >= 0.6 is 0 Å². The standard InChI is InChI=1S/C19H17N3O3/c1-22(17-6-4-3-5-7-17)18(23)14-8-10-16(11-9-14)21-13-15(12-20)19(24)25-2/h3-11,13,21H,1-2H3/b15-13+. The quantitative estimate of drug-likeness (QED) is 0.516. The van der Waals surface area contributed by atoms with Crippen LogP contribution in [0.2, 0.25) is 0 Å². The predicted molar refractivity (Wildman–Crippen MR) is 95.0 cm³/mol. The number of carbonyl (C=O) groups excluding carboxylic acids is 2. The van der Waals surface area contributed by atoms with Gasteiger partial charge < -0.3 is 15.0 Å². The van der Waals surface area contributed by atoms with Crippen molar-refractivity contribution in [3.63, 3.8) is 0 Å². The average Bonchev–Trinajstić information content (AvgIpc) is 2.68. The van der Waals surface area contributed by atoms with E-state index in [1.54, 1.807) is 42.3 Å². The maximum Gasteiger partial charge on any atom is 0.350 e. The maximum atomic E-state index is 12.5. The van der Waals surface area contributed by atoms with Gasteiger partial charge in [0, 0.05) is 30.2 Å². The molecule has 0 aliphatic carbocycles. The van der Waals surface area contributed by atoms with E-state index >= 15 is 0 Å². The molecule has 0 aliphatic heterocycles. The van der Waals surface area contributed by atoms with Crippen LogP contribution in [0.15, 0.2) is 66.4 Å². The van der Waals surface area contributed by atoms with Crippen LogP contribution in [0.3, 0.4) is 0 Å². The highest BCUT2D eigenvalue weighted by Crippen LogP contribution is 2.16. The second kappa shape index (κ2) is 8.31. The topological polar surface area (TPSA) is 82.4 Å². The van der Waals surface area contributed by atoms with Gasteiger partial charge in [-0.15, -0.1) is 0 Å². The molecule has 0 bridgehead atoms. The van der Waals surface area contributed by atoms with Crippen LogP contribution in [0.5, 0.6) is 0 Å². The van der Waals surface area contributed by atoms with Crippen LogP contribution in [-0.2, 0) is 9.53 Å². The lowest BCUT2D eigenvalue weighted by molar-refractivity contribution is -0.135. The lowest BCUT2D eigenvalue weighted by Crippen LogP contribution is -2.26. The molecule has 0 aliphatic rings. The summed E-state index contributed by atoms with van der Waals surface area (Å²) in [5.41, 5.74) is 1.81. The summed E-state index contributed by atoms with van der Waals surface area (Å²) in [6.45, 7) is 0. The minimum atomic E-state index is -0.716. The van der Waals surface area contributed by atoms with Crippen LogP contribution in [0.4, 0.5) is 11.4 Å². The number of carbonyl (C=O) groups is 2. The number of ether oxygens (including phenoxy) is 1. The van der Waals surface area contributed by atoms with Crippen molar-refractivity contribution in [2.75, 3.05) is 24.4 Å². The lowest BCUT2D eigenvalue weighted by Gasteiger charge is -2.17. The second-order valence-corrected chi connectivity index (χ2v) is 5.08. The zero-order valence-corrected chi connectivity index (χ0v) is 13.9. The first-order chi connectivity index (χ1) is 12.1. The van der Waals surface area contributed by atoms with Crippen molar-refractivity contribution in [3.8, 4) is 6.07 Å². The van der Waals surface area contributed by atoms with Gasteiger partial charge in [-0.1, -0.05) is 18.2 Å². The minimum Gasteiger partial charge on any atom is -0.465 e. The minimum absolute atomic E-state index is 0.138. The molecular formula is C19H17N3O3. The van der Waals surface area contributed by atoms with E-state index in [2.05, 4.69) is 10.1 Å². The summed E-state index contributed by atoms with van der Waals surface area (Å²) in [6, 6.07) is 17.8. The first-order valence-electron chi connectivity index (χ1n) is 7.45. The zero-order valence-electron chi connectivity index (χ0n) is 13.9. The Balaban J connectivity index is 2.09. The second-order valence-electron chi connectivity index (χ2n) is 5.08. The Labute approximate surface area is 145 Å². The maximum absolute atomic E-state index is 12.5. The summed E-state index contributed by atoms with van der Waals surface area (Å²) in [7, 11) is 2.92.